The van der Waals surface area contributed by atoms with Gasteiger partial charge in [0.2, 0.25) is 5.91 Å². The highest BCUT2D eigenvalue weighted by atomic mass is 32.2. The molecule has 0 spiro atoms. The van der Waals surface area contributed by atoms with E-state index >= 15 is 0 Å². The monoisotopic (exact) mass is 304 g/mol. The highest BCUT2D eigenvalue weighted by molar-refractivity contribution is 8.00. The molecule has 0 saturated heterocycles. The molecule has 4 nitrogen and oxygen atoms in total. The molecule has 112 valence electrons. The lowest BCUT2D eigenvalue weighted by Gasteiger charge is -2.32. The van der Waals surface area contributed by atoms with Crippen LogP contribution in [-0.4, -0.2) is 21.8 Å². The summed E-state index contributed by atoms with van der Waals surface area (Å²) >= 11 is 1.43. The first-order valence-electron chi connectivity index (χ1n) is 7.24. The van der Waals surface area contributed by atoms with E-state index in [4.69, 9.17) is 0 Å². The van der Waals surface area contributed by atoms with Gasteiger partial charge in [0.15, 0.2) is 0 Å². The molecule has 2 rings (SSSR count). The van der Waals surface area contributed by atoms with E-state index in [0.717, 1.165) is 37.0 Å². The molecule has 0 bridgehead atoms. The summed E-state index contributed by atoms with van der Waals surface area (Å²) in [5, 5.41) is 21.3. The zero-order valence-corrected chi connectivity index (χ0v) is 12.9. The van der Waals surface area contributed by atoms with Gasteiger partial charge in [0, 0.05) is 4.90 Å². The minimum atomic E-state index is -0.681. The quantitative estimate of drug-likeness (QED) is 0.838. The molecule has 21 heavy (non-hydrogen) atoms. The average molecular weight is 304 g/mol. The van der Waals surface area contributed by atoms with E-state index < -0.39 is 5.54 Å². The number of amides is 1. The third kappa shape index (κ3) is 4.15. The van der Waals surface area contributed by atoms with Crippen molar-refractivity contribution in [3.05, 3.63) is 24.3 Å². The normalized spacial score (nSPS) is 18.5. The third-order valence-corrected chi connectivity index (χ3v) is 4.91. The number of nitrogens with one attached hydrogen (secondary N) is 1. The van der Waals surface area contributed by atoms with Crippen LogP contribution in [0.1, 0.15) is 39.0 Å². The number of aromatic hydroxyl groups is 1. The number of phenols is 1. The van der Waals surface area contributed by atoms with Crippen LogP contribution in [0, 0.1) is 11.3 Å². The van der Waals surface area contributed by atoms with Gasteiger partial charge < -0.3 is 10.4 Å². The number of nitriles is 1. The minimum absolute atomic E-state index is 0.100. The number of carbonyl (C=O) groups excluding carboxylic acids is 1. The highest BCUT2D eigenvalue weighted by Gasteiger charge is 2.34. The van der Waals surface area contributed by atoms with Crippen LogP contribution in [0.5, 0.6) is 5.75 Å². The fourth-order valence-corrected chi connectivity index (χ4v) is 3.41. The molecule has 5 heteroatoms. The zero-order chi connectivity index (χ0) is 15.3. The summed E-state index contributed by atoms with van der Waals surface area (Å²) in [6.45, 7) is 1.83. The maximum absolute atomic E-state index is 12.3. The Kier molecular flexibility index (Phi) is 5.13. The number of benzene rings is 1. The summed E-state index contributed by atoms with van der Waals surface area (Å²) in [4.78, 5) is 13.2. The predicted octanol–water partition coefficient (Wildman–Crippen LogP) is 3.22. The van der Waals surface area contributed by atoms with Gasteiger partial charge in [-0.25, -0.2) is 0 Å². The van der Waals surface area contributed by atoms with Gasteiger partial charge in [-0.3, -0.25) is 4.79 Å². The first-order valence-corrected chi connectivity index (χ1v) is 8.12. The number of phenolic OH excluding ortho intramolecular Hbond substituents is 1. The molecular formula is C16H20N2O2S. The van der Waals surface area contributed by atoms with Gasteiger partial charge in [-0.15, -0.1) is 11.8 Å². The van der Waals surface area contributed by atoms with E-state index in [9.17, 15) is 15.2 Å². The highest BCUT2D eigenvalue weighted by Crippen LogP contribution is 2.29. The van der Waals surface area contributed by atoms with Crippen molar-refractivity contribution in [2.24, 2.45) is 0 Å². The molecule has 0 aromatic heterocycles. The molecule has 1 aliphatic carbocycles. The van der Waals surface area contributed by atoms with Crippen LogP contribution < -0.4 is 5.32 Å². The average Bonchev–Trinajstić information content (AvgIpc) is 2.50. The molecule has 2 N–H and O–H groups in total. The summed E-state index contributed by atoms with van der Waals surface area (Å²) in [7, 11) is 0. The summed E-state index contributed by atoms with van der Waals surface area (Å²) < 4.78 is 0. The Morgan fingerprint density at radius 3 is 2.52 bits per heavy atom. The lowest BCUT2D eigenvalue weighted by molar-refractivity contribution is -0.121. The van der Waals surface area contributed by atoms with Crippen LogP contribution in [0.4, 0.5) is 0 Å². The van der Waals surface area contributed by atoms with Gasteiger partial charge in [0.25, 0.3) is 0 Å². The van der Waals surface area contributed by atoms with Crippen LogP contribution in [0.15, 0.2) is 29.2 Å². The lowest BCUT2D eigenvalue weighted by Crippen LogP contribution is -2.50. The third-order valence-electron chi connectivity index (χ3n) is 3.80. The number of carbonyl (C=O) groups is 1. The van der Waals surface area contributed by atoms with E-state index in [0.29, 0.717) is 0 Å². The Morgan fingerprint density at radius 2 is 1.95 bits per heavy atom. The van der Waals surface area contributed by atoms with Crippen LogP contribution in [0.25, 0.3) is 0 Å². The van der Waals surface area contributed by atoms with Crippen LogP contribution in [0.2, 0.25) is 0 Å². The summed E-state index contributed by atoms with van der Waals surface area (Å²) in [5.74, 6) is 0.110. The van der Waals surface area contributed by atoms with Crippen molar-refractivity contribution < 1.29 is 9.90 Å². The van der Waals surface area contributed by atoms with E-state index in [1.165, 1.54) is 11.8 Å². The zero-order valence-electron chi connectivity index (χ0n) is 12.1. The van der Waals surface area contributed by atoms with Gasteiger partial charge in [-0.05, 0) is 44.0 Å². The fraction of sp³-hybridized carbons (Fsp3) is 0.500. The molecule has 1 aromatic carbocycles. The standard InChI is InChI=1S/C16H20N2O2S/c1-12(21-14-7-5-13(19)6-8-14)15(20)18-16(11-17)9-3-2-4-10-16/h5-8,12,19H,2-4,9-10H2,1H3,(H,18,20)/t12-/m1/s1. The van der Waals surface area contributed by atoms with E-state index in [2.05, 4.69) is 11.4 Å². The maximum Gasteiger partial charge on any atom is 0.234 e. The first-order chi connectivity index (χ1) is 10.0. The van der Waals surface area contributed by atoms with Crippen molar-refractivity contribution in [2.75, 3.05) is 0 Å². The second-order valence-corrected chi connectivity index (χ2v) is 6.91. The van der Waals surface area contributed by atoms with Gasteiger partial charge in [-0.1, -0.05) is 19.3 Å². The second-order valence-electron chi connectivity index (χ2n) is 5.50. The summed E-state index contributed by atoms with van der Waals surface area (Å²) in [6, 6.07) is 9.07. The van der Waals surface area contributed by atoms with Crippen LogP contribution in [-0.2, 0) is 4.79 Å². The molecule has 1 atom stereocenters. The Hall–Kier alpha value is -1.67. The molecule has 0 unspecified atom stereocenters. The maximum atomic E-state index is 12.3. The first kappa shape index (κ1) is 15.7. The number of thioether (sulfide) groups is 1. The Bertz CT molecular complexity index is 530. The smallest absolute Gasteiger partial charge is 0.234 e. The molecule has 1 saturated carbocycles. The second kappa shape index (κ2) is 6.86. The van der Waals surface area contributed by atoms with E-state index in [-0.39, 0.29) is 16.9 Å². The molecule has 0 heterocycles. The number of nitrogens with zero attached hydrogens (tertiary/aromatic N) is 1. The summed E-state index contributed by atoms with van der Waals surface area (Å²) in [5.41, 5.74) is -0.681. The Labute approximate surface area is 129 Å². The van der Waals surface area contributed by atoms with Gasteiger partial charge in [-0.2, -0.15) is 5.26 Å². The van der Waals surface area contributed by atoms with Gasteiger partial charge >= 0.3 is 0 Å². The molecule has 0 aliphatic heterocycles. The molecule has 0 radical (unpaired) electrons. The van der Waals surface area contributed by atoms with Crippen molar-refractivity contribution in [1.29, 1.82) is 5.26 Å². The van der Waals surface area contributed by atoms with Crippen molar-refractivity contribution in [1.82, 2.24) is 5.32 Å². The molecule has 1 fully saturated rings. The van der Waals surface area contributed by atoms with Crippen molar-refractivity contribution in [3.63, 3.8) is 0 Å². The summed E-state index contributed by atoms with van der Waals surface area (Å²) in [6.07, 6.45) is 4.61. The number of rotatable bonds is 4. The topological polar surface area (TPSA) is 73.1 Å². The molecular weight excluding hydrogens is 284 g/mol. The minimum Gasteiger partial charge on any atom is -0.508 e. The van der Waals surface area contributed by atoms with Crippen molar-refractivity contribution in [2.45, 2.75) is 54.7 Å². The molecule has 1 aliphatic rings. The van der Waals surface area contributed by atoms with Crippen LogP contribution in [0.3, 0.4) is 0 Å². The molecule has 1 aromatic rings. The fourth-order valence-electron chi connectivity index (χ4n) is 2.54. The van der Waals surface area contributed by atoms with E-state index in [1.54, 1.807) is 24.3 Å². The largest absolute Gasteiger partial charge is 0.508 e. The van der Waals surface area contributed by atoms with Crippen molar-refractivity contribution >= 4 is 17.7 Å². The SMILES string of the molecule is C[C@@H](Sc1ccc(O)cc1)C(=O)NC1(C#N)CCCCC1. The number of hydrogen-bond acceptors (Lipinski definition) is 4. The van der Waals surface area contributed by atoms with Crippen LogP contribution >= 0.6 is 11.8 Å². The predicted molar refractivity (Wildman–Crippen MR) is 83.0 cm³/mol. The lowest BCUT2D eigenvalue weighted by atomic mass is 9.83. The van der Waals surface area contributed by atoms with Gasteiger partial charge in [0.1, 0.15) is 11.3 Å². The Morgan fingerprint density at radius 1 is 1.33 bits per heavy atom. The molecule has 1 amide bonds. The number of hydrogen-bond donors (Lipinski definition) is 2. The van der Waals surface area contributed by atoms with Gasteiger partial charge in [0.05, 0.1) is 11.3 Å². The Balaban J connectivity index is 1.95. The van der Waals surface area contributed by atoms with E-state index in [1.807, 2.05) is 6.92 Å². The van der Waals surface area contributed by atoms with Crippen molar-refractivity contribution in [3.8, 4) is 11.8 Å².